The van der Waals surface area contributed by atoms with Crippen LogP contribution in [0.1, 0.15) is 154 Å². The fourth-order valence-corrected chi connectivity index (χ4v) is 7.27. The van der Waals surface area contributed by atoms with E-state index in [-0.39, 0.29) is 32.3 Å². The van der Waals surface area contributed by atoms with Gasteiger partial charge in [0, 0.05) is 6.42 Å². The average molecular weight is 910 g/mol. The monoisotopic (exact) mass is 908 g/mol. The van der Waals surface area contributed by atoms with Gasteiger partial charge in [0.05, 0.1) is 25.2 Å². The van der Waals surface area contributed by atoms with Gasteiger partial charge in [0.2, 0.25) is 3.79 Å². The van der Waals surface area contributed by atoms with Gasteiger partial charge in [-0.05, 0) is 37.7 Å². The zero-order valence-electron chi connectivity index (χ0n) is 35.7. The van der Waals surface area contributed by atoms with Crippen LogP contribution in [0.15, 0.2) is 30.3 Å². The SMILES string of the molecule is CCCCCCCCCCC[C@H](CC(=O)O[C@H]1[C@H](O)[C@@H](CO)O[C@@H](CC[C@H](N)C(=O)OCc2ccccc2)[C@@H]1NC(=O)OCC(Cl)(Cl)Cl)OC(=O)CCCCCCCCC. The number of alkyl carbamates (subject to hydrolysis) is 1. The predicted octanol–water partition coefficient (Wildman–Crippen LogP) is 8.70. The fraction of sp³-hybridized carbons (Fsp3) is 0.773. The number of nitrogens with one attached hydrogen (secondary N) is 1. The van der Waals surface area contributed by atoms with E-state index >= 15 is 0 Å². The molecule has 1 fully saturated rings. The molecule has 1 aliphatic rings. The lowest BCUT2D eigenvalue weighted by Gasteiger charge is -2.44. The Hall–Kier alpha value is -2.39. The molecule has 60 heavy (non-hydrogen) atoms. The second kappa shape index (κ2) is 31.4. The Bertz CT molecular complexity index is 1340. The molecule has 0 aromatic heterocycles. The number of ether oxygens (including phenoxy) is 5. The van der Waals surface area contributed by atoms with Crippen molar-refractivity contribution in [3.05, 3.63) is 35.9 Å². The first-order valence-electron chi connectivity index (χ1n) is 22.1. The topological polar surface area (TPSA) is 193 Å². The molecule has 0 spiro atoms. The van der Waals surface area contributed by atoms with E-state index in [2.05, 4.69) is 19.2 Å². The summed E-state index contributed by atoms with van der Waals surface area (Å²) in [5.41, 5.74) is 6.96. The number of carbonyl (C=O) groups excluding carboxylic acids is 4. The summed E-state index contributed by atoms with van der Waals surface area (Å²) in [5.74, 6) is -1.87. The molecule has 1 amide bonds. The summed E-state index contributed by atoms with van der Waals surface area (Å²) in [6, 6.07) is 6.68. The first-order chi connectivity index (χ1) is 28.8. The lowest BCUT2D eigenvalue weighted by atomic mass is 9.89. The van der Waals surface area contributed by atoms with Crippen molar-refractivity contribution in [3.8, 4) is 0 Å². The van der Waals surface area contributed by atoms with Gasteiger partial charge in [0.1, 0.15) is 37.6 Å². The largest absolute Gasteiger partial charge is 0.462 e. The molecule has 0 radical (unpaired) electrons. The number of rotatable bonds is 31. The summed E-state index contributed by atoms with van der Waals surface area (Å²) in [6.45, 7) is 3.08. The van der Waals surface area contributed by atoms with Gasteiger partial charge in [-0.15, -0.1) is 0 Å². The third-order valence-corrected chi connectivity index (χ3v) is 10.8. The molecule has 1 saturated heterocycles. The molecule has 16 heteroatoms. The molecule has 7 atom stereocenters. The van der Waals surface area contributed by atoms with Crippen molar-refractivity contribution in [2.75, 3.05) is 13.2 Å². The Morgan fingerprint density at radius 1 is 0.800 bits per heavy atom. The molecule has 1 aromatic carbocycles. The van der Waals surface area contributed by atoms with Crippen LogP contribution in [-0.2, 0) is 44.7 Å². The minimum atomic E-state index is -1.93. The minimum Gasteiger partial charge on any atom is -0.462 e. The molecule has 0 aliphatic carbocycles. The number of esters is 3. The van der Waals surface area contributed by atoms with Crippen molar-refractivity contribution in [2.45, 2.75) is 202 Å². The summed E-state index contributed by atoms with van der Waals surface area (Å²) >= 11 is 17.4. The molecule has 0 saturated carbocycles. The lowest BCUT2D eigenvalue weighted by Crippen LogP contribution is -2.65. The highest BCUT2D eigenvalue weighted by atomic mass is 35.6. The molecule has 5 N–H and O–H groups in total. The second-order valence-electron chi connectivity index (χ2n) is 15.8. The van der Waals surface area contributed by atoms with E-state index in [4.69, 9.17) is 64.2 Å². The number of hydrogen-bond acceptors (Lipinski definition) is 12. The van der Waals surface area contributed by atoms with Crippen LogP contribution in [0.25, 0.3) is 0 Å². The summed E-state index contributed by atoms with van der Waals surface area (Å²) in [5, 5.41) is 24.1. The van der Waals surface area contributed by atoms with Gasteiger partial charge in [-0.25, -0.2) is 4.79 Å². The zero-order chi connectivity index (χ0) is 44.2. The summed E-state index contributed by atoms with van der Waals surface area (Å²) in [7, 11) is 0. The van der Waals surface area contributed by atoms with Gasteiger partial charge < -0.3 is 44.9 Å². The number of unbranched alkanes of at least 4 members (excludes halogenated alkanes) is 14. The maximum Gasteiger partial charge on any atom is 0.407 e. The molecule has 1 aliphatic heterocycles. The molecular weight excluding hydrogens is 839 g/mol. The highest BCUT2D eigenvalue weighted by Crippen LogP contribution is 2.29. The van der Waals surface area contributed by atoms with E-state index in [1.165, 1.54) is 44.9 Å². The number of halogens is 3. The summed E-state index contributed by atoms with van der Waals surface area (Å²) in [4.78, 5) is 52.5. The highest BCUT2D eigenvalue weighted by Gasteiger charge is 2.48. The maximum absolute atomic E-state index is 13.7. The van der Waals surface area contributed by atoms with E-state index in [1.807, 2.05) is 18.2 Å². The van der Waals surface area contributed by atoms with E-state index in [1.54, 1.807) is 12.1 Å². The first kappa shape index (κ1) is 53.7. The number of aliphatic hydroxyl groups is 2. The smallest absolute Gasteiger partial charge is 0.407 e. The van der Waals surface area contributed by atoms with Crippen LogP contribution in [0.2, 0.25) is 0 Å². The number of hydrogen-bond donors (Lipinski definition) is 4. The minimum absolute atomic E-state index is 0.00821. The van der Waals surface area contributed by atoms with Crippen LogP contribution in [0.4, 0.5) is 4.79 Å². The van der Waals surface area contributed by atoms with E-state index in [0.717, 1.165) is 56.9 Å². The molecule has 1 aromatic rings. The Balaban J connectivity index is 2.18. The first-order valence-corrected chi connectivity index (χ1v) is 23.2. The van der Waals surface area contributed by atoms with Crippen LogP contribution in [0, 0.1) is 0 Å². The predicted molar refractivity (Wildman–Crippen MR) is 233 cm³/mol. The van der Waals surface area contributed by atoms with Crippen LogP contribution in [0.3, 0.4) is 0 Å². The van der Waals surface area contributed by atoms with E-state index < -0.39 is 83.6 Å². The molecule has 2 rings (SSSR count). The average Bonchev–Trinajstić information content (AvgIpc) is 3.22. The third kappa shape index (κ3) is 23.7. The Labute approximate surface area is 372 Å². The number of amides is 1. The third-order valence-electron chi connectivity index (χ3n) is 10.5. The Kier molecular flexibility index (Phi) is 28.2. The lowest BCUT2D eigenvalue weighted by molar-refractivity contribution is -0.211. The molecule has 0 unspecified atom stereocenters. The fourth-order valence-electron chi connectivity index (χ4n) is 7.11. The van der Waals surface area contributed by atoms with Crippen molar-refractivity contribution in [3.63, 3.8) is 0 Å². The van der Waals surface area contributed by atoms with Gasteiger partial charge in [0.15, 0.2) is 6.10 Å². The number of nitrogens with two attached hydrogens (primary N) is 1. The molecular formula is C44H71Cl3N2O11. The Morgan fingerprint density at radius 3 is 1.97 bits per heavy atom. The van der Waals surface area contributed by atoms with Crippen molar-refractivity contribution in [1.29, 1.82) is 0 Å². The van der Waals surface area contributed by atoms with Gasteiger partial charge >= 0.3 is 24.0 Å². The summed E-state index contributed by atoms with van der Waals surface area (Å²) in [6.07, 6.45) is 10.3. The normalized spacial score (nSPS) is 20.2. The second-order valence-corrected chi connectivity index (χ2v) is 18.3. The number of aliphatic hydroxyl groups excluding tert-OH is 2. The maximum atomic E-state index is 13.7. The van der Waals surface area contributed by atoms with Crippen molar-refractivity contribution >= 4 is 58.8 Å². The van der Waals surface area contributed by atoms with Gasteiger partial charge in [-0.1, -0.05) is 169 Å². The highest BCUT2D eigenvalue weighted by molar-refractivity contribution is 6.67. The van der Waals surface area contributed by atoms with Crippen LogP contribution >= 0.6 is 34.8 Å². The van der Waals surface area contributed by atoms with Gasteiger partial charge in [0.25, 0.3) is 0 Å². The van der Waals surface area contributed by atoms with E-state index in [0.29, 0.717) is 12.8 Å². The van der Waals surface area contributed by atoms with Crippen LogP contribution in [-0.4, -0.2) is 93.8 Å². The van der Waals surface area contributed by atoms with E-state index in [9.17, 15) is 29.4 Å². The number of carbonyl (C=O) groups is 4. The van der Waals surface area contributed by atoms with Gasteiger partial charge in [-0.2, -0.15) is 0 Å². The van der Waals surface area contributed by atoms with Crippen molar-refractivity contribution in [1.82, 2.24) is 5.32 Å². The van der Waals surface area contributed by atoms with Crippen LogP contribution < -0.4 is 11.1 Å². The quantitative estimate of drug-likeness (QED) is 0.0240. The molecule has 1 heterocycles. The molecule has 13 nitrogen and oxygen atoms in total. The van der Waals surface area contributed by atoms with Crippen molar-refractivity contribution < 1.29 is 53.1 Å². The number of alkyl halides is 3. The van der Waals surface area contributed by atoms with Crippen molar-refractivity contribution in [2.24, 2.45) is 5.73 Å². The van der Waals surface area contributed by atoms with Crippen LogP contribution in [0.5, 0.6) is 0 Å². The van der Waals surface area contributed by atoms with Gasteiger partial charge in [-0.3, -0.25) is 14.4 Å². The summed E-state index contributed by atoms with van der Waals surface area (Å²) < 4.78 is 26.2. The Morgan fingerprint density at radius 2 is 1.38 bits per heavy atom. The molecule has 0 bridgehead atoms. The zero-order valence-corrected chi connectivity index (χ0v) is 37.9. The number of benzene rings is 1. The molecule has 344 valence electrons. The standard InChI is InChI=1S/C44H71Cl3N2O11/c1-3-5-7-9-11-12-14-15-20-24-33(58-37(51)25-21-16-13-10-8-6-4-2)28-38(52)60-41-39(49-43(55)57-31-44(45,46)47)35(59-36(29-50)40(41)53)27-26-34(48)42(54)56-30-32-22-18-17-19-23-32/h17-19,22-23,33-36,39-41,50,53H,3-16,20-21,24-31,48H2,1-2H3,(H,49,55)/t33-,34+,35+,36-,39+,40-,41-/m1/s1.